The number of aryl methyl sites for hydroxylation is 1. The fourth-order valence-electron chi connectivity index (χ4n) is 2.60. The Morgan fingerprint density at radius 1 is 1.29 bits per heavy atom. The Morgan fingerprint density at radius 3 is 2.79 bits per heavy atom. The van der Waals surface area contributed by atoms with E-state index in [1.54, 1.807) is 14.0 Å². The molecule has 0 aliphatic heterocycles. The van der Waals surface area contributed by atoms with Crippen molar-refractivity contribution in [3.63, 3.8) is 0 Å². The molecule has 0 fully saturated rings. The number of nitrogens with zero attached hydrogens (tertiary/aromatic N) is 3. The third-order valence-electron chi connectivity index (χ3n) is 3.91. The molecule has 0 unspecified atom stereocenters. The van der Waals surface area contributed by atoms with Crippen LogP contribution in [0.25, 0.3) is 10.9 Å². The average Bonchev–Trinajstić information content (AvgIpc) is 2.99. The SMILES string of the molecule is CCN(Cc1noc(C)n1)Cc1cc2ccc(OC)cc2[nH]c1=O. The van der Waals surface area contributed by atoms with Crippen LogP contribution in [0.4, 0.5) is 0 Å². The Labute approximate surface area is 139 Å². The van der Waals surface area contributed by atoms with Gasteiger partial charge in [0, 0.05) is 25.1 Å². The lowest BCUT2D eigenvalue weighted by Gasteiger charge is -2.18. The molecule has 0 radical (unpaired) electrons. The van der Waals surface area contributed by atoms with E-state index < -0.39 is 0 Å². The number of pyridine rings is 1. The van der Waals surface area contributed by atoms with Crippen LogP contribution in [0, 0.1) is 6.92 Å². The first kappa shape index (κ1) is 16.2. The van der Waals surface area contributed by atoms with Crippen molar-refractivity contribution in [3.05, 3.63) is 51.9 Å². The Bertz CT molecular complexity index is 900. The largest absolute Gasteiger partial charge is 0.497 e. The number of hydrogen-bond donors (Lipinski definition) is 1. The van der Waals surface area contributed by atoms with Crippen molar-refractivity contribution in [2.24, 2.45) is 0 Å². The maximum atomic E-state index is 12.4. The molecule has 1 aromatic carbocycles. The highest BCUT2D eigenvalue weighted by atomic mass is 16.5. The Hall–Kier alpha value is -2.67. The number of benzene rings is 1. The van der Waals surface area contributed by atoms with Crippen LogP contribution in [0.1, 0.15) is 24.2 Å². The molecular formula is C17H20N4O3. The van der Waals surface area contributed by atoms with Gasteiger partial charge in [0.1, 0.15) is 5.75 Å². The molecule has 0 amide bonds. The van der Waals surface area contributed by atoms with E-state index in [9.17, 15) is 4.79 Å². The van der Waals surface area contributed by atoms with E-state index in [-0.39, 0.29) is 5.56 Å². The molecule has 2 heterocycles. The van der Waals surface area contributed by atoms with Crippen molar-refractivity contribution in [2.45, 2.75) is 26.9 Å². The number of rotatable bonds is 6. The summed E-state index contributed by atoms with van der Waals surface area (Å²) in [5, 5.41) is 4.88. The van der Waals surface area contributed by atoms with Gasteiger partial charge in [-0.15, -0.1) is 0 Å². The maximum absolute atomic E-state index is 12.4. The highest BCUT2D eigenvalue weighted by Crippen LogP contribution is 2.19. The van der Waals surface area contributed by atoms with Gasteiger partial charge >= 0.3 is 0 Å². The van der Waals surface area contributed by atoms with Gasteiger partial charge in [-0.1, -0.05) is 12.1 Å². The van der Waals surface area contributed by atoms with Gasteiger partial charge in [0.05, 0.1) is 19.2 Å². The summed E-state index contributed by atoms with van der Waals surface area (Å²) in [5.74, 6) is 1.88. The van der Waals surface area contributed by atoms with Crippen molar-refractivity contribution in [2.75, 3.05) is 13.7 Å². The number of aromatic amines is 1. The van der Waals surface area contributed by atoms with Crippen LogP contribution in [0.5, 0.6) is 5.75 Å². The van der Waals surface area contributed by atoms with Crippen LogP contribution in [-0.4, -0.2) is 33.7 Å². The average molecular weight is 328 g/mol. The molecule has 1 N–H and O–H groups in total. The summed E-state index contributed by atoms with van der Waals surface area (Å²) in [6.45, 7) is 5.62. The molecule has 3 aromatic rings. The van der Waals surface area contributed by atoms with Gasteiger partial charge in [-0.25, -0.2) is 0 Å². The topological polar surface area (TPSA) is 84.2 Å². The number of ether oxygens (including phenoxy) is 1. The summed E-state index contributed by atoms with van der Waals surface area (Å²) in [5.41, 5.74) is 1.37. The fourth-order valence-corrected chi connectivity index (χ4v) is 2.60. The van der Waals surface area contributed by atoms with Crippen LogP contribution in [0.3, 0.4) is 0 Å². The summed E-state index contributed by atoms with van der Waals surface area (Å²) in [6, 6.07) is 7.55. The van der Waals surface area contributed by atoms with Gasteiger partial charge in [-0.3, -0.25) is 9.69 Å². The molecule has 0 bridgehead atoms. The lowest BCUT2D eigenvalue weighted by molar-refractivity contribution is 0.258. The third-order valence-corrected chi connectivity index (χ3v) is 3.91. The van der Waals surface area contributed by atoms with E-state index in [1.807, 2.05) is 31.2 Å². The van der Waals surface area contributed by atoms with Gasteiger partial charge in [0.15, 0.2) is 5.82 Å². The van der Waals surface area contributed by atoms with Crippen molar-refractivity contribution in [3.8, 4) is 5.75 Å². The monoisotopic (exact) mass is 328 g/mol. The summed E-state index contributed by atoms with van der Waals surface area (Å²) in [7, 11) is 1.60. The molecule has 0 saturated heterocycles. The lowest BCUT2D eigenvalue weighted by Crippen LogP contribution is -2.27. The normalized spacial score (nSPS) is 11.3. The maximum Gasteiger partial charge on any atom is 0.252 e. The van der Waals surface area contributed by atoms with E-state index in [4.69, 9.17) is 9.26 Å². The molecule has 0 saturated carbocycles. The standard InChI is InChI=1S/C17H20N4O3/c1-4-21(10-16-18-11(2)24-20-16)9-13-7-12-5-6-14(23-3)8-15(12)19-17(13)22/h5-8H,4,9-10H2,1-3H3,(H,19,22). The van der Waals surface area contributed by atoms with Crippen LogP contribution in [0.15, 0.2) is 33.6 Å². The summed E-state index contributed by atoms with van der Waals surface area (Å²) in [6.07, 6.45) is 0. The zero-order valence-electron chi connectivity index (χ0n) is 14.0. The van der Waals surface area contributed by atoms with Crippen molar-refractivity contribution < 1.29 is 9.26 Å². The van der Waals surface area contributed by atoms with Crippen LogP contribution in [0.2, 0.25) is 0 Å². The number of fused-ring (bicyclic) bond motifs is 1. The lowest BCUT2D eigenvalue weighted by atomic mass is 10.1. The van der Waals surface area contributed by atoms with Gasteiger partial charge < -0.3 is 14.2 Å². The molecule has 3 rings (SSSR count). The predicted molar refractivity (Wildman–Crippen MR) is 89.9 cm³/mol. The molecule has 0 aliphatic rings. The van der Waals surface area contributed by atoms with Gasteiger partial charge in [-0.05, 0) is 30.1 Å². The second kappa shape index (κ2) is 6.84. The van der Waals surface area contributed by atoms with Crippen molar-refractivity contribution in [1.82, 2.24) is 20.0 Å². The van der Waals surface area contributed by atoms with Gasteiger partial charge in [-0.2, -0.15) is 4.98 Å². The summed E-state index contributed by atoms with van der Waals surface area (Å²) in [4.78, 5) is 21.6. The quantitative estimate of drug-likeness (QED) is 0.747. The van der Waals surface area contributed by atoms with E-state index >= 15 is 0 Å². The summed E-state index contributed by atoms with van der Waals surface area (Å²) < 4.78 is 10.2. The smallest absolute Gasteiger partial charge is 0.252 e. The first-order valence-electron chi connectivity index (χ1n) is 7.80. The fraction of sp³-hybridized carbons (Fsp3) is 0.353. The first-order valence-corrected chi connectivity index (χ1v) is 7.80. The number of aromatic nitrogens is 3. The van der Waals surface area contributed by atoms with Crippen molar-refractivity contribution >= 4 is 10.9 Å². The second-order valence-corrected chi connectivity index (χ2v) is 5.61. The zero-order chi connectivity index (χ0) is 17.1. The van der Waals surface area contributed by atoms with Gasteiger partial charge in [0.25, 0.3) is 5.56 Å². The molecule has 7 nitrogen and oxygen atoms in total. The first-order chi connectivity index (χ1) is 11.6. The van der Waals surface area contributed by atoms with E-state index in [0.717, 1.165) is 17.4 Å². The molecule has 7 heteroatoms. The third kappa shape index (κ3) is 3.46. The minimum Gasteiger partial charge on any atom is -0.497 e. The van der Waals surface area contributed by atoms with Crippen molar-refractivity contribution in [1.29, 1.82) is 0 Å². The molecule has 126 valence electrons. The molecule has 0 spiro atoms. The minimum atomic E-state index is -0.0986. The Kier molecular flexibility index (Phi) is 4.61. The van der Waals surface area contributed by atoms with E-state index in [0.29, 0.717) is 36.1 Å². The van der Waals surface area contributed by atoms with Crippen LogP contribution < -0.4 is 10.3 Å². The van der Waals surface area contributed by atoms with Gasteiger partial charge in [0.2, 0.25) is 5.89 Å². The van der Waals surface area contributed by atoms with Crippen LogP contribution >= 0.6 is 0 Å². The molecule has 24 heavy (non-hydrogen) atoms. The predicted octanol–water partition coefficient (Wildman–Crippen LogP) is 2.25. The number of nitrogens with one attached hydrogen (secondary N) is 1. The molecular weight excluding hydrogens is 308 g/mol. The van der Waals surface area contributed by atoms with Crippen LogP contribution in [-0.2, 0) is 13.1 Å². The highest BCUT2D eigenvalue weighted by molar-refractivity contribution is 5.80. The highest BCUT2D eigenvalue weighted by Gasteiger charge is 2.12. The number of hydrogen-bond acceptors (Lipinski definition) is 6. The van der Waals surface area contributed by atoms with E-state index in [2.05, 4.69) is 20.0 Å². The Morgan fingerprint density at radius 2 is 2.12 bits per heavy atom. The summed E-state index contributed by atoms with van der Waals surface area (Å²) >= 11 is 0. The Balaban J connectivity index is 1.85. The number of methoxy groups -OCH3 is 1. The second-order valence-electron chi connectivity index (χ2n) is 5.61. The number of H-pyrrole nitrogens is 1. The zero-order valence-corrected chi connectivity index (χ0v) is 14.0. The van der Waals surface area contributed by atoms with E-state index in [1.165, 1.54) is 0 Å². The molecule has 0 aliphatic carbocycles. The minimum absolute atomic E-state index is 0.0986. The molecule has 2 aromatic heterocycles. The molecule has 0 atom stereocenters.